The van der Waals surface area contributed by atoms with E-state index in [1.54, 1.807) is 26.0 Å². The number of hydrogen-bond acceptors (Lipinski definition) is 4. The summed E-state index contributed by atoms with van der Waals surface area (Å²) in [5.41, 5.74) is 1.09. The van der Waals surface area contributed by atoms with E-state index in [0.717, 1.165) is 0 Å². The van der Waals surface area contributed by atoms with Crippen LogP contribution in [0.4, 0.5) is 0 Å². The molecule has 0 saturated carbocycles. The highest BCUT2D eigenvalue weighted by Crippen LogP contribution is 2.34. The van der Waals surface area contributed by atoms with Crippen molar-refractivity contribution in [2.75, 3.05) is 0 Å². The van der Waals surface area contributed by atoms with Gasteiger partial charge in [-0.15, -0.1) is 0 Å². The van der Waals surface area contributed by atoms with E-state index in [-0.39, 0.29) is 17.4 Å². The van der Waals surface area contributed by atoms with E-state index < -0.39 is 24.1 Å². The van der Waals surface area contributed by atoms with Crippen LogP contribution in [0.1, 0.15) is 59.8 Å². The second kappa shape index (κ2) is 8.99. The van der Waals surface area contributed by atoms with Crippen LogP contribution in [-0.2, 0) is 14.3 Å². The van der Waals surface area contributed by atoms with Crippen molar-refractivity contribution in [3.05, 3.63) is 35.5 Å². The predicted octanol–water partition coefficient (Wildman–Crippen LogP) is 3.78. The molecule has 0 spiro atoms. The Kier molecular flexibility index (Phi) is 7.61. The number of carbonyl (C=O) groups is 2. The fraction of sp³-hybridized carbons (Fsp3) is 0.600. The Morgan fingerprint density at radius 3 is 2.56 bits per heavy atom. The third kappa shape index (κ3) is 6.86. The standard InChI is InChI=1S/C20H30O5/c1-6-13(2)19(24)25-16-10-15(18(22)23)9-7-8-14(3)17(21)12-20(4,5)11-16/h6,9,16-17,21H,3,7-8,10-12H2,1-2,4-5H3,(H,22,23)/b13-6-,15-9+/t16-,17+/m1/s1. The number of aliphatic hydroxyl groups excluding tert-OH is 1. The van der Waals surface area contributed by atoms with Crippen LogP contribution in [0.15, 0.2) is 35.5 Å². The highest BCUT2D eigenvalue weighted by Gasteiger charge is 2.31. The van der Waals surface area contributed by atoms with Crippen LogP contribution < -0.4 is 0 Å². The monoisotopic (exact) mass is 350 g/mol. The van der Waals surface area contributed by atoms with Crippen LogP contribution in [0, 0.1) is 5.41 Å². The van der Waals surface area contributed by atoms with Crippen molar-refractivity contribution in [1.82, 2.24) is 0 Å². The molecule has 2 atom stereocenters. The maximum Gasteiger partial charge on any atom is 0.333 e. The summed E-state index contributed by atoms with van der Waals surface area (Å²) in [6, 6.07) is 0. The average Bonchev–Trinajstić information content (AvgIpc) is 2.52. The minimum Gasteiger partial charge on any atom is -0.478 e. The molecule has 0 heterocycles. The van der Waals surface area contributed by atoms with E-state index in [2.05, 4.69) is 6.58 Å². The zero-order valence-corrected chi connectivity index (χ0v) is 15.7. The molecule has 0 saturated heterocycles. The predicted molar refractivity (Wildman–Crippen MR) is 97.0 cm³/mol. The van der Waals surface area contributed by atoms with Crippen molar-refractivity contribution in [1.29, 1.82) is 0 Å². The number of aliphatic carboxylic acids is 1. The SMILES string of the molecule is C=C1CC/C=C(/C(=O)O)C[C@@H](OC(=O)/C(C)=C\C)CC(C)(C)C[C@@H]1O. The molecule has 140 valence electrons. The summed E-state index contributed by atoms with van der Waals surface area (Å²) in [6.07, 6.45) is 4.24. The van der Waals surface area contributed by atoms with Gasteiger partial charge in [-0.25, -0.2) is 9.59 Å². The van der Waals surface area contributed by atoms with Gasteiger partial charge in [0.05, 0.1) is 6.10 Å². The molecule has 25 heavy (non-hydrogen) atoms. The average molecular weight is 350 g/mol. The Hall–Kier alpha value is -1.88. The van der Waals surface area contributed by atoms with Gasteiger partial charge < -0.3 is 14.9 Å². The quantitative estimate of drug-likeness (QED) is 0.460. The number of carboxylic acids is 1. The molecular weight excluding hydrogens is 320 g/mol. The number of rotatable bonds is 3. The van der Waals surface area contributed by atoms with Crippen molar-refractivity contribution in [3.63, 3.8) is 0 Å². The molecular formula is C20H30O5. The maximum atomic E-state index is 12.1. The summed E-state index contributed by atoms with van der Waals surface area (Å²) in [5.74, 6) is -1.44. The Labute approximate surface area is 150 Å². The molecule has 0 fully saturated rings. The molecule has 0 aromatic heterocycles. The van der Waals surface area contributed by atoms with Crippen molar-refractivity contribution < 1.29 is 24.5 Å². The smallest absolute Gasteiger partial charge is 0.333 e. The van der Waals surface area contributed by atoms with Crippen LogP contribution in [-0.4, -0.2) is 34.4 Å². The Morgan fingerprint density at radius 2 is 2.00 bits per heavy atom. The number of esters is 1. The molecule has 0 aromatic carbocycles. The van der Waals surface area contributed by atoms with Gasteiger partial charge in [0.25, 0.3) is 0 Å². The Bertz CT molecular complexity index is 583. The minimum atomic E-state index is -1.01. The zero-order chi connectivity index (χ0) is 19.2. The number of carbonyl (C=O) groups excluding carboxylic acids is 1. The lowest BCUT2D eigenvalue weighted by molar-refractivity contribution is -0.146. The van der Waals surface area contributed by atoms with Gasteiger partial charge in [-0.1, -0.05) is 32.6 Å². The van der Waals surface area contributed by atoms with Crippen LogP contribution in [0.25, 0.3) is 0 Å². The second-order valence-electron chi connectivity index (χ2n) is 7.52. The molecule has 0 radical (unpaired) electrons. The van der Waals surface area contributed by atoms with Gasteiger partial charge in [0.2, 0.25) is 0 Å². The molecule has 0 amide bonds. The lowest BCUT2D eigenvalue weighted by Gasteiger charge is -2.31. The molecule has 1 rings (SSSR count). The first-order valence-corrected chi connectivity index (χ1v) is 8.67. The summed E-state index contributed by atoms with van der Waals surface area (Å²) < 4.78 is 5.58. The topological polar surface area (TPSA) is 83.8 Å². The highest BCUT2D eigenvalue weighted by atomic mass is 16.5. The number of hydrogen-bond donors (Lipinski definition) is 2. The van der Waals surface area contributed by atoms with Crippen molar-refractivity contribution >= 4 is 11.9 Å². The summed E-state index contributed by atoms with van der Waals surface area (Å²) in [7, 11) is 0. The van der Waals surface area contributed by atoms with Crippen LogP contribution >= 0.6 is 0 Å². The number of carboxylic acid groups (broad SMARTS) is 1. The van der Waals surface area contributed by atoms with E-state index in [9.17, 15) is 19.8 Å². The van der Waals surface area contributed by atoms with Crippen molar-refractivity contribution in [2.45, 2.75) is 72.0 Å². The lowest BCUT2D eigenvalue weighted by atomic mass is 9.79. The van der Waals surface area contributed by atoms with Crippen molar-refractivity contribution in [3.8, 4) is 0 Å². The zero-order valence-electron chi connectivity index (χ0n) is 15.7. The van der Waals surface area contributed by atoms with Gasteiger partial charge >= 0.3 is 11.9 Å². The fourth-order valence-corrected chi connectivity index (χ4v) is 2.99. The summed E-state index contributed by atoms with van der Waals surface area (Å²) >= 11 is 0. The number of allylic oxidation sites excluding steroid dienone is 2. The first-order chi connectivity index (χ1) is 11.6. The van der Waals surface area contributed by atoms with E-state index >= 15 is 0 Å². The third-order valence-electron chi connectivity index (χ3n) is 4.60. The van der Waals surface area contributed by atoms with Gasteiger partial charge in [0, 0.05) is 17.6 Å². The van der Waals surface area contributed by atoms with Gasteiger partial charge in [-0.2, -0.15) is 0 Å². The highest BCUT2D eigenvalue weighted by molar-refractivity contribution is 5.88. The molecule has 1 aliphatic carbocycles. The fourth-order valence-electron chi connectivity index (χ4n) is 2.99. The van der Waals surface area contributed by atoms with E-state index in [1.165, 1.54) is 0 Å². The molecule has 2 N–H and O–H groups in total. The summed E-state index contributed by atoms with van der Waals surface area (Å²) in [5, 5.41) is 19.8. The van der Waals surface area contributed by atoms with E-state index in [0.29, 0.717) is 36.8 Å². The first-order valence-electron chi connectivity index (χ1n) is 8.67. The van der Waals surface area contributed by atoms with E-state index in [4.69, 9.17) is 4.74 Å². The lowest BCUT2D eigenvalue weighted by Crippen LogP contribution is -2.30. The van der Waals surface area contributed by atoms with E-state index in [1.807, 2.05) is 13.8 Å². The molecule has 5 nitrogen and oxygen atoms in total. The van der Waals surface area contributed by atoms with Gasteiger partial charge in [-0.3, -0.25) is 0 Å². The molecule has 0 aliphatic heterocycles. The number of aliphatic hydroxyl groups is 1. The van der Waals surface area contributed by atoms with Gasteiger partial charge in [0.15, 0.2) is 0 Å². The molecule has 1 aliphatic rings. The van der Waals surface area contributed by atoms with Crippen molar-refractivity contribution in [2.24, 2.45) is 5.41 Å². The normalized spacial score (nSPS) is 27.6. The molecule has 0 aromatic rings. The Morgan fingerprint density at radius 1 is 1.36 bits per heavy atom. The second-order valence-corrected chi connectivity index (χ2v) is 7.52. The minimum absolute atomic E-state index is 0.157. The summed E-state index contributed by atoms with van der Waals surface area (Å²) in [6.45, 7) is 11.3. The molecule has 0 unspecified atom stereocenters. The van der Waals surface area contributed by atoms with Crippen LogP contribution in [0.3, 0.4) is 0 Å². The van der Waals surface area contributed by atoms with Crippen LogP contribution in [0.5, 0.6) is 0 Å². The molecule has 0 bridgehead atoms. The largest absolute Gasteiger partial charge is 0.478 e. The summed E-state index contributed by atoms with van der Waals surface area (Å²) in [4.78, 5) is 23.7. The van der Waals surface area contributed by atoms with Gasteiger partial charge in [-0.05, 0) is 50.5 Å². The number of ether oxygens (including phenoxy) is 1. The van der Waals surface area contributed by atoms with Crippen LogP contribution in [0.2, 0.25) is 0 Å². The Balaban J connectivity index is 3.12. The first kappa shape index (κ1) is 21.2. The van der Waals surface area contributed by atoms with Gasteiger partial charge in [0.1, 0.15) is 6.10 Å². The molecule has 5 heteroatoms. The maximum absolute atomic E-state index is 12.1. The third-order valence-corrected chi connectivity index (χ3v) is 4.60.